The summed E-state index contributed by atoms with van der Waals surface area (Å²) >= 11 is 0. The fourth-order valence-corrected chi connectivity index (χ4v) is 5.30. The molecule has 0 saturated heterocycles. The van der Waals surface area contributed by atoms with E-state index < -0.39 is 10.8 Å². The molecule has 3 atom stereocenters. The highest BCUT2D eigenvalue weighted by Crippen LogP contribution is 2.34. The highest BCUT2D eigenvalue weighted by atomic mass is 127. The summed E-state index contributed by atoms with van der Waals surface area (Å²) in [5, 5.41) is 7.43. The molecule has 26 heavy (non-hydrogen) atoms. The number of nitrogens with one attached hydrogen (secondary N) is 2. The van der Waals surface area contributed by atoms with Crippen LogP contribution < -0.4 is 10.6 Å². The Kier molecular flexibility index (Phi) is 9.64. The number of halogens is 1. The Morgan fingerprint density at radius 2 is 1.96 bits per heavy atom. The zero-order chi connectivity index (χ0) is 17.6. The van der Waals surface area contributed by atoms with Crippen molar-refractivity contribution in [1.29, 1.82) is 0 Å². The SMILES string of the molecule is CCS(=O)C1CCCC(NC(=NC)NCCN(CC2CC2)C2CC2)C1.I. The van der Waals surface area contributed by atoms with E-state index in [1.54, 1.807) is 0 Å². The third-order valence-electron chi connectivity index (χ3n) is 5.79. The van der Waals surface area contributed by atoms with E-state index in [-0.39, 0.29) is 24.0 Å². The van der Waals surface area contributed by atoms with E-state index >= 15 is 0 Å². The molecule has 152 valence electrons. The topological polar surface area (TPSA) is 56.7 Å². The van der Waals surface area contributed by atoms with E-state index in [0.29, 0.717) is 11.3 Å². The summed E-state index contributed by atoms with van der Waals surface area (Å²) in [6.45, 7) is 5.40. The molecule has 5 nitrogen and oxygen atoms in total. The van der Waals surface area contributed by atoms with Gasteiger partial charge in [0.05, 0.1) is 0 Å². The van der Waals surface area contributed by atoms with Crippen LogP contribution in [-0.2, 0) is 10.8 Å². The lowest BCUT2D eigenvalue weighted by Crippen LogP contribution is -2.48. The van der Waals surface area contributed by atoms with Crippen molar-refractivity contribution in [2.45, 2.75) is 75.6 Å². The molecular formula is C19H37IN4OS. The first kappa shape index (κ1) is 22.4. The van der Waals surface area contributed by atoms with Crippen LogP contribution >= 0.6 is 24.0 Å². The molecule has 3 aliphatic rings. The minimum absolute atomic E-state index is 0. The Morgan fingerprint density at radius 1 is 1.19 bits per heavy atom. The van der Waals surface area contributed by atoms with Crippen molar-refractivity contribution in [3.8, 4) is 0 Å². The van der Waals surface area contributed by atoms with Crippen molar-refractivity contribution in [2.24, 2.45) is 10.9 Å². The third kappa shape index (κ3) is 7.26. The molecule has 3 unspecified atom stereocenters. The van der Waals surface area contributed by atoms with Crippen LogP contribution in [-0.4, -0.2) is 64.8 Å². The average Bonchev–Trinajstić information content (AvgIpc) is 3.53. The van der Waals surface area contributed by atoms with Crippen molar-refractivity contribution in [3.05, 3.63) is 0 Å². The molecule has 3 saturated carbocycles. The highest BCUT2D eigenvalue weighted by molar-refractivity contribution is 14.0. The lowest BCUT2D eigenvalue weighted by atomic mass is 9.95. The average molecular weight is 497 g/mol. The number of rotatable bonds is 9. The van der Waals surface area contributed by atoms with Gasteiger partial charge in [0.2, 0.25) is 0 Å². The fraction of sp³-hybridized carbons (Fsp3) is 0.947. The molecule has 0 aliphatic heterocycles. The van der Waals surface area contributed by atoms with E-state index in [1.165, 1.54) is 38.6 Å². The van der Waals surface area contributed by atoms with Crippen molar-refractivity contribution in [2.75, 3.05) is 32.4 Å². The molecule has 3 aliphatic carbocycles. The number of aliphatic imine (C=N–C) groups is 1. The first-order valence-electron chi connectivity index (χ1n) is 10.3. The Labute approximate surface area is 179 Å². The monoisotopic (exact) mass is 496 g/mol. The summed E-state index contributed by atoms with van der Waals surface area (Å²) < 4.78 is 12.1. The van der Waals surface area contributed by atoms with Gasteiger partial charge in [-0.25, -0.2) is 0 Å². The zero-order valence-corrected chi connectivity index (χ0v) is 19.6. The predicted octanol–water partition coefficient (Wildman–Crippen LogP) is 2.72. The number of hydrogen-bond acceptors (Lipinski definition) is 3. The Hall–Kier alpha value is 0.110. The summed E-state index contributed by atoms with van der Waals surface area (Å²) in [4.78, 5) is 7.08. The smallest absolute Gasteiger partial charge is 0.191 e. The Morgan fingerprint density at radius 3 is 2.58 bits per heavy atom. The molecule has 0 aromatic heterocycles. The highest BCUT2D eigenvalue weighted by Gasteiger charge is 2.33. The molecular weight excluding hydrogens is 459 g/mol. The second kappa shape index (κ2) is 11.2. The first-order chi connectivity index (χ1) is 12.2. The third-order valence-corrected chi connectivity index (χ3v) is 7.53. The minimum Gasteiger partial charge on any atom is -0.355 e. The molecule has 0 amide bonds. The minimum atomic E-state index is -0.668. The van der Waals surface area contributed by atoms with Crippen molar-refractivity contribution < 1.29 is 4.21 Å². The van der Waals surface area contributed by atoms with E-state index in [2.05, 4.69) is 20.5 Å². The molecule has 0 bridgehead atoms. The number of guanidine groups is 1. The number of nitrogens with zero attached hydrogens (tertiary/aromatic N) is 2. The molecule has 0 radical (unpaired) electrons. The normalized spacial score (nSPS) is 27.7. The van der Waals surface area contributed by atoms with Crippen LogP contribution in [0.3, 0.4) is 0 Å². The summed E-state index contributed by atoms with van der Waals surface area (Å²) in [5.41, 5.74) is 0. The van der Waals surface area contributed by atoms with Crippen LogP contribution in [0.2, 0.25) is 0 Å². The molecule has 0 heterocycles. The van der Waals surface area contributed by atoms with Gasteiger partial charge in [-0.1, -0.05) is 13.3 Å². The van der Waals surface area contributed by atoms with Gasteiger partial charge < -0.3 is 10.6 Å². The van der Waals surface area contributed by atoms with E-state index in [0.717, 1.165) is 56.0 Å². The van der Waals surface area contributed by atoms with Crippen LogP contribution in [0.25, 0.3) is 0 Å². The standard InChI is InChI=1S/C19H36N4OS.HI/c1-3-25(24)18-6-4-5-16(13-18)22-19(20-2)21-11-12-23(17-9-10-17)14-15-7-8-15;/h15-18H,3-14H2,1-2H3,(H2,20,21,22);1H. The van der Waals surface area contributed by atoms with Gasteiger partial charge in [-0.3, -0.25) is 14.1 Å². The van der Waals surface area contributed by atoms with Crippen LogP contribution in [0.1, 0.15) is 58.3 Å². The maximum Gasteiger partial charge on any atom is 0.191 e. The van der Waals surface area contributed by atoms with Gasteiger partial charge in [0.25, 0.3) is 0 Å². The summed E-state index contributed by atoms with van der Waals surface area (Å²) in [6, 6.07) is 1.26. The van der Waals surface area contributed by atoms with Crippen LogP contribution in [0.5, 0.6) is 0 Å². The van der Waals surface area contributed by atoms with Crippen molar-refractivity contribution in [1.82, 2.24) is 15.5 Å². The van der Waals surface area contributed by atoms with Gasteiger partial charge in [-0.05, 0) is 50.9 Å². The number of hydrogen-bond donors (Lipinski definition) is 2. The van der Waals surface area contributed by atoms with Crippen LogP contribution in [0.15, 0.2) is 4.99 Å². The lowest BCUT2D eigenvalue weighted by Gasteiger charge is -2.30. The second-order valence-electron chi connectivity index (χ2n) is 7.97. The second-order valence-corrected chi connectivity index (χ2v) is 9.97. The zero-order valence-electron chi connectivity index (χ0n) is 16.4. The van der Waals surface area contributed by atoms with Gasteiger partial charge >= 0.3 is 0 Å². The summed E-state index contributed by atoms with van der Waals surface area (Å²) in [5.74, 6) is 2.66. The van der Waals surface area contributed by atoms with Gasteiger partial charge in [0.15, 0.2) is 5.96 Å². The maximum absolute atomic E-state index is 12.1. The molecule has 0 spiro atoms. The maximum atomic E-state index is 12.1. The lowest BCUT2D eigenvalue weighted by molar-refractivity contribution is 0.256. The van der Waals surface area contributed by atoms with E-state index in [1.807, 2.05) is 14.0 Å². The van der Waals surface area contributed by atoms with Crippen molar-refractivity contribution in [3.63, 3.8) is 0 Å². The van der Waals surface area contributed by atoms with Gasteiger partial charge in [0.1, 0.15) is 0 Å². The predicted molar refractivity (Wildman–Crippen MR) is 122 cm³/mol. The summed E-state index contributed by atoms with van der Waals surface area (Å²) in [6.07, 6.45) is 10.1. The Bertz CT molecular complexity index is 482. The summed E-state index contributed by atoms with van der Waals surface area (Å²) in [7, 11) is 1.18. The quantitative estimate of drug-likeness (QED) is 0.293. The van der Waals surface area contributed by atoms with E-state index in [9.17, 15) is 4.21 Å². The Balaban J connectivity index is 0.00000243. The van der Waals surface area contributed by atoms with Crippen LogP contribution in [0.4, 0.5) is 0 Å². The first-order valence-corrected chi connectivity index (χ1v) is 11.7. The molecule has 2 N–H and O–H groups in total. The van der Waals surface area contributed by atoms with Gasteiger partial charge in [0, 0.05) is 60.6 Å². The van der Waals surface area contributed by atoms with Crippen molar-refractivity contribution >= 4 is 40.7 Å². The molecule has 7 heteroatoms. The molecule has 0 aromatic rings. The van der Waals surface area contributed by atoms with E-state index in [4.69, 9.17) is 0 Å². The largest absolute Gasteiger partial charge is 0.355 e. The fourth-order valence-electron chi connectivity index (χ4n) is 3.95. The molecule has 3 rings (SSSR count). The molecule has 0 aromatic carbocycles. The van der Waals surface area contributed by atoms with Gasteiger partial charge in [-0.15, -0.1) is 24.0 Å². The van der Waals surface area contributed by atoms with Gasteiger partial charge in [-0.2, -0.15) is 0 Å². The van der Waals surface area contributed by atoms with Crippen LogP contribution in [0, 0.1) is 5.92 Å². The molecule has 3 fully saturated rings.